The van der Waals surface area contributed by atoms with E-state index >= 15 is 0 Å². The molecule has 1 unspecified atom stereocenters. The SMILES string of the molecule is COc1cccc(CNC(=O)CN2c3ccccc3CC2(C)CO)c1. The Kier molecular flexibility index (Phi) is 4.95. The average Bonchev–Trinajstić information content (AvgIpc) is 2.93. The monoisotopic (exact) mass is 340 g/mol. The number of nitrogens with one attached hydrogen (secondary N) is 1. The minimum atomic E-state index is -0.447. The summed E-state index contributed by atoms with van der Waals surface area (Å²) < 4.78 is 5.20. The lowest BCUT2D eigenvalue weighted by Gasteiger charge is -2.35. The lowest BCUT2D eigenvalue weighted by molar-refractivity contribution is -0.120. The van der Waals surface area contributed by atoms with Crippen LogP contribution in [0.15, 0.2) is 48.5 Å². The molecule has 0 aromatic heterocycles. The third-order valence-electron chi connectivity index (χ3n) is 4.77. The number of carbonyl (C=O) groups excluding carboxylic acids is 1. The van der Waals surface area contributed by atoms with Crippen LogP contribution in [0.3, 0.4) is 0 Å². The summed E-state index contributed by atoms with van der Waals surface area (Å²) in [6.45, 7) is 2.66. The Bertz CT molecular complexity index is 762. The van der Waals surface area contributed by atoms with E-state index < -0.39 is 5.54 Å². The highest BCUT2D eigenvalue weighted by molar-refractivity contribution is 5.83. The van der Waals surface area contributed by atoms with Gasteiger partial charge in [-0.3, -0.25) is 4.79 Å². The normalized spacial score (nSPS) is 18.8. The molecule has 1 aliphatic heterocycles. The number of amides is 1. The Morgan fingerprint density at radius 2 is 2.08 bits per heavy atom. The van der Waals surface area contributed by atoms with Gasteiger partial charge in [-0.2, -0.15) is 0 Å². The van der Waals surface area contributed by atoms with Crippen molar-refractivity contribution in [2.75, 3.05) is 25.2 Å². The second-order valence-corrected chi connectivity index (χ2v) is 6.67. The van der Waals surface area contributed by atoms with Gasteiger partial charge in [-0.05, 0) is 42.7 Å². The zero-order valence-electron chi connectivity index (χ0n) is 14.7. The maximum atomic E-state index is 12.5. The number of methoxy groups -OCH3 is 1. The van der Waals surface area contributed by atoms with E-state index in [1.807, 2.05) is 54.3 Å². The lowest BCUT2D eigenvalue weighted by atomic mass is 9.98. The molecular formula is C20H24N2O3. The molecule has 0 fully saturated rings. The van der Waals surface area contributed by atoms with Gasteiger partial charge in [0.05, 0.1) is 25.8 Å². The van der Waals surface area contributed by atoms with Crippen molar-refractivity contribution in [3.63, 3.8) is 0 Å². The van der Waals surface area contributed by atoms with Crippen LogP contribution in [0.4, 0.5) is 5.69 Å². The van der Waals surface area contributed by atoms with Crippen molar-refractivity contribution in [3.8, 4) is 5.75 Å². The Balaban J connectivity index is 1.67. The molecule has 0 radical (unpaired) electrons. The number of rotatable bonds is 6. The Hall–Kier alpha value is -2.53. The number of hydrogen-bond donors (Lipinski definition) is 2. The lowest BCUT2D eigenvalue weighted by Crippen LogP contribution is -2.51. The highest BCUT2D eigenvalue weighted by Gasteiger charge is 2.39. The van der Waals surface area contributed by atoms with Gasteiger partial charge in [0.25, 0.3) is 0 Å². The van der Waals surface area contributed by atoms with Crippen molar-refractivity contribution in [2.24, 2.45) is 0 Å². The van der Waals surface area contributed by atoms with Crippen LogP contribution in [0.25, 0.3) is 0 Å². The van der Waals surface area contributed by atoms with Gasteiger partial charge in [0.1, 0.15) is 5.75 Å². The number of carbonyl (C=O) groups is 1. The van der Waals surface area contributed by atoms with E-state index in [0.717, 1.165) is 23.4 Å². The molecular weight excluding hydrogens is 316 g/mol. The molecule has 0 spiro atoms. The fourth-order valence-electron chi connectivity index (χ4n) is 3.32. The second kappa shape index (κ2) is 7.15. The maximum Gasteiger partial charge on any atom is 0.239 e. The summed E-state index contributed by atoms with van der Waals surface area (Å²) >= 11 is 0. The quantitative estimate of drug-likeness (QED) is 0.846. The van der Waals surface area contributed by atoms with E-state index in [-0.39, 0.29) is 19.1 Å². The standard InChI is InChI=1S/C20H24N2O3/c1-20(14-23)11-16-7-3-4-9-18(16)22(20)13-19(24)21-12-15-6-5-8-17(10-15)25-2/h3-10,23H,11-14H2,1-2H3,(H,21,24). The molecule has 0 saturated heterocycles. The number of anilines is 1. The summed E-state index contributed by atoms with van der Waals surface area (Å²) in [5.41, 5.74) is 2.73. The molecule has 132 valence electrons. The first kappa shape index (κ1) is 17.3. The third-order valence-corrected chi connectivity index (χ3v) is 4.77. The molecule has 5 nitrogen and oxygen atoms in total. The van der Waals surface area contributed by atoms with Crippen LogP contribution in [0.5, 0.6) is 5.75 Å². The number of para-hydroxylation sites is 1. The third kappa shape index (κ3) is 3.61. The van der Waals surface area contributed by atoms with Crippen LogP contribution >= 0.6 is 0 Å². The van der Waals surface area contributed by atoms with Crippen LogP contribution < -0.4 is 15.0 Å². The van der Waals surface area contributed by atoms with Crippen molar-refractivity contribution < 1.29 is 14.6 Å². The molecule has 5 heteroatoms. The van der Waals surface area contributed by atoms with E-state index in [0.29, 0.717) is 6.54 Å². The van der Waals surface area contributed by atoms with E-state index in [4.69, 9.17) is 4.74 Å². The number of nitrogens with zero attached hydrogens (tertiary/aromatic N) is 1. The largest absolute Gasteiger partial charge is 0.497 e. The Morgan fingerprint density at radius 3 is 2.84 bits per heavy atom. The minimum Gasteiger partial charge on any atom is -0.497 e. The Morgan fingerprint density at radius 1 is 1.28 bits per heavy atom. The number of benzene rings is 2. The molecule has 0 aliphatic carbocycles. The molecule has 0 saturated carbocycles. The van der Waals surface area contributed by atoms with Gasteiger partial charge in [0.15, 0.2) is 0 Å². The van der Waals surface area contributed by atoms with Crippen molar-refractivity contribution in [1.82, 2.24) is 5.32 Å². The predicted octanol–water partition coefficient (Wildman–Crippen LogP) is 2.13. The van der Waals surface area contributed by atoms with E-state index in [9.17, 15) is 9.90 Å². The van der Waals surface area contributed by atoms with Crippen molar-refractivity contribution in [1.29, 1.82) is 0 Å². The van der Waals surface area contributed by atoms with E-state index in [1.54, 1.807) is 7.11 Å². The number of aliphatic hydroxyl groups is 1. The number of fused-ring (bicyclic) bond motifs is 1. The zero-order chi connectivity index (χ0) is 17.9. The van der Waals surface area contributed by atoms with E-state index in [2.05, 4.69) is 11.4 Å². The van der Waals surface area contributed by atoms with Crippen LogP contribution in [0.1, 0.15) is 18.1 Å². The number of aliphatic hydroxyl groups excluding tert-OH is 1. The molecule has 2 N–H and O–H groups in total. The molecule has 3 rings (SSSR count). The van der Waals surface area contributed by atoms with Gasteiger partial charge in [-0.1, -0.05) is 30.3 Å². The van der Waals surface area contributed by atoms with Crippen LogP contribution in [-0.4, -0.2) is 36.8 Å². The summed E-state index contributed by atoms with van der Waals surface area (Å²) in [4.78, 5) is 14.5. The molecule has 25 heavy (non-hydrogen) atoms. The minimum absolute atomic E-state index is 0.00481. The van der Waals surface area contributed by atoms with Gasteiger partial charge >= 0.3 is 0 Å². The molecule has 2 aromatic carbocycles. The summed E-state index contributed by atoms with van der Waals surface area (Å²) in [6.07, 6.45) is 0.739. The molecule has 1 atom stereocenters. The molecule has 2 aromatic rings. The molecule has 0 bridgehead atoms. The van der Waals surface area contributed by atoms with Crippen molar-refractivity contribution >= 4 is 11.6 Å². The summed E-state index contributed by atoms with van der Waals surface area (Å²) in [7, 11) is 1.62. The van der Waals surface area contributed by atoms with Crippen LogP contribution in [0, 0.1) is 0 Å². The zero-order valence-corrected chi connectivity index (χ0v) is 14.7. The van der Waals surface area contributed by atoms with Gasteiger partial charge in [0, 0.05) is 12.2 Å². The predicted molar refractivity (Wildman–Crippen MR) is 97.8 cm³/mol. The topological polar surface area (TPSA) is 61.8 Å². The first-order valence-corrected chi connectivity index (χ1v) is 8.42. The average molecular weight is 340 g/mol. The molecule has 1 amide bonds. The first-order valence-electron chi connectivity index (χ1n) is 8.42. The number of hydrogen-bond acceptors (Lipinski definition) is 4. The van der Waals surface area contributed by atoms with Crippen LogP contribution in [-0.2, 0) is 17.8 Å². The highest BCUT2D eigenvalue weighted by Crippen LogP contribution is 2.38. The Labute approximate surface area is 148 Å². The fraction of sp³-hybridized carbons (Fsp3) is 0.350. The summed E-state index contributed by atoms with van der Waals surface area (Å²) in [6, 6.07) is 15.6. The second-order valence-electron chi connectivity index (χ2n) is 6.67. The summed E-state index contributed by atoms with van der Waals surface area (Å²) in [5, 5.41) is 12.8. The van der Waals surface area contributed by atoms with Gasteiger partial charge in [-0.15, -0.1) is 0 Å². The van der Waals surface area contributed by atoms with Crippen molar-refractivity contribution in [2.45, 2.75) is 25.4 Å². The molecule has 1 aliphatic rings. The van der Waals surface area contributed by atoms with Gasteiger partial charge in [0.2, 0.25) is 5.91 Å². The van der Waals surface area contributed by atoms with Gasteiger partial charge in [-0.25, -0.2) is 0 Å². The van der Waals surface area contributed by atoms with E-state index in [1.165, 1.54) is 5.56 Å². The highest BCUT2D eigenvalue weighted by atomic mass is 16.5. The smallest absolute Gasteiger partial charge is 0.239 e. The summed E-state index contributed by atoms with van der Waals surface area (Å²) in [5.74, 6) is 0.701. The van der Waals surface area contributed by atoms with Crippen LogP contribution in [0.2, 0.25) is 0 Å². The van der Waals surface area contributed by atoms with Gasteiger partial charge < -0.3 is 20.1 Å². The fourth-order valence-corrected chi connectivity index (χ4v) is 3.32. The molecule has 1 heterocycles. The van der Waals surface area contributed by atoms with Crippen molar-refractivity contribution in [3.05, 3.63) is 59.7 Å². The number of ether oxygens (including phenoxy) is 1. The maximum absolute atomic E-state index is 12.5. The first-order chi connectivity index (χ1) is 12.1.